The van der Waals surface area contributed by atoms with Crippen LogP contribution in [0, 0.1) is 11.6 Å². The molecule has 7 nitrogen and oxygen atoms in total. The van der Waals surface area contributed by atoms with Crippen LogP contribution in [-0.2, 0) is 19.1 Å². The number of hydrogen-bond donors (Lipinski definition) is 3. The summed E-state index contributed by atoms with van der Waals surface area (Å²) in [5.41, 5.74) is 4.76. The minimum atomic E-state index is -1.51. The third-order valence-electron chi connectivity index (χ3n) is 2.77. The molecule has 9 heteroatoms. The number of primary amides is 1. The second-order valence-corrected chi connectivity index (χ2v) is 4.67. The molecule has 138 valence electrons. The number of methoxy groups -OCH3 is 1. The lowest BCUT2D eigenvalue weighted by Gasteiger charge is -2.11. The first-order valence-electron chi connectivity index (χ1n) is 7.17. The van der Waals surface area contributed by atoms with E-state index < -0.39 is 29.6 Å². The van der Waals surface area contributed by atoms with Crippen molar-refractivity contribution in [3.63, 3.8) is 0 Å². The highest BCUT2D eigenvalue weighted by Gasteiger charge is 2.23. The Bertz CT molecular complexity index is 582. The molecule has 0 fully saturated rings. The fourth-order valence-electron chi connectivity index (χ4n) is 1.78. The number of carboxylic acid groups (broad SMARTS) is 1. The van der Waals surface area contributed by atoms with Crippen LogP contribution in [0.4, 0.5) is 14.5 Å². The summed E-state index contributed by atoms with van der Waals surface area (Å²) in [6, 6.07) is 2.45. The van der Waals surface area contributed by atoms with E-state index in [9.17, 15) is 18.4 Å². The number of anilines is 1. The molecular formula is C16H20F2N2O5. The zero-order valence-electron chi connectivity index (χ0n) is 13.6. The first-order valence-corrected chi connectivity index (χ1v) is 7.17. The number of carbonyl (C=O) groups excluding carboxylic acids is 2. The van der Waals surface area contributed by atoms with Crippen molar-refractivity contribution in [1.82, 2.24) is 0 Å². The summed E-state index contributed by atoms with van der Waals surface area (Å²) >= 11 is 0. The second-order valence-electron chi connectivity index (χ2n) is 4.67. The first-order chi connectivity index (χ1) is 11.8. The maximum Gasteiger partial charge on any atom is 0.290 e. The number of ether oxygens (including phenoxy) is 1. The van der Waals surface area contributed by atoms with E-state index in [-0.39, 0.29) is 12.2 Å². The van der Waals surface area contributed by atoms with Gasteiger partial charge in [0, 0.05) is 18.9 Å². The monoisotopic (exact) mass is 358 g/mol. The maximum atomic E-state index is 12.8. The molecular weight excluding hydrogens is 338 g/mol. The maximum absolute atomic E-state index is 12.8. The third kappa shape index (κ3) is 9.82. The van der Waals surface area contributed by atoms with Crippen LogP contribution in [-0.4, -0.2) is 36.6 Å². The van der Waals surface area contributed by atoms with Crippen molar-refractivity contribution >= 4 is 24.0 Å². The predicted octanol–water partition coefficient (Wildman–Crippen LogP) is 1.83. The summed E-state index contributed by atoms with van der Waals surface area (Å²) in [6.45, 7) is -0.250. The molecule has 1 aromatic rings. The lowest BCUT2D eigenvalue weighted by molar-refractivity contribution is -0.138. The summed E-state index contributed by atoms with van der Waals surface area (Å²) in [4.78, 5) is 30.6. The van der Waals surface area contributed by atoms with Crippen LogP contribution in [0.3, 0.4) is 0 Å². The highest BCUT2D eigenvalue weighted by atomic mass is 19.1. The average Bonchev–Trinajstić information content (AvgIpc) is 3.06. The molecule has 25 heavy (non-hydrogen) atoms. The minimum absolute atomic E-state index is 0.129. The van der Waals surface area contributed by atoms with Gasteiger partial charge in [-0.15, -0.1) is 0 Å². The van der Waals surface area contributed by atoms with E-state index in [4.69, 9.17) is 15.6 Å². The van der Waals surface area contributed by atoms with E-state index in [0.29, 0.717) is 6.07 Å². The average molecular weight is 358 g/mol. The van der Waals surface area contributed by atoms with Crippen molar-refractivity contribution in [3.05, 3.63) is 42.0 Å². The van der Waals surface area contributed by atoms with Crippen molar-refractivity contribution in [1.29, 1.82) is 0 Å². The number of hydrogen-bond acceptors (Lipinski definition) is 4. The van der Waals surface area contributed by atoms with E-state index in [0.717, 1.165) is 19.2 Å². The number of amides is 2. The Kier molecular flexibility index (Phi) is 11.2. The molecule has 0 bridgehead atoms. The topological polar surface area (TPSA) is 119 Å². The van der Waals surface area contributed by atoms with E-state index in [2.05, 4.69) is 22.2 Å². The van der Waals surface area contributed by atoms with Gasteiger partial charge in [0.25, 0.3) is 18.3 Å². The Morgan fingerprint density at radius 1 is 1.24 bits per heavy atom. The number of carbonyl (C=O) groups is 3. The SMILES string of the molecule is C1=CCCC1.COC(C(N)=O)C(=O)Nc1cc(F)cc(F)c1.O=CO. The highest BCUT2D eigenvalue weighted by molar-refractivity contribution is 6.08. The Labute approximate surface area is 143 Å². The van der Waals surface area contributed by atoms with E-state index in [1.807, 2.05) is 0 Å². The lowest BCUT2D eigenvalue weighted by Crippen LogP contribution is -2.40. The van der Waals surface area contributed by atoms with E-state index in [1.54, 1.807) is 0 Å². The van der Waals surface area contributed by atoms with Crippen molar-refractivity contribution < 1.29 is 33.0 Å². The molecule has 4 N–H and O–H groups in total. The fraction of sp³-hybridized carbons (Fsp3) is 0.312. The Morgan fingerprint density at radius 2 is 1.72 bits per heavy atom. The van der Waals surface area contributed by atoms with Gasteiger partial charge in [-0.2, -0.15) is 0 Å². The van der Waals surface area contributed by atoms with Crippen LogP contribution >= 0.6 is 0 Å². The van der Waals surface area contributed by atoms with Gasteiger partial charge in [0.05, 0.1) is 0 Å². The van der Waals surface area contributed by atoms with Gasteiger partial charge in [-0.1, -0.05) is 12.2 Å². The smallest absolute Gasteiger partial charge is 0.290 e. The van der Waals surface area contributed by atoms with Gasteiger partial charge in [0.2, 0.25) is 6.10 Å². The molecule has 0 radical (unpaired) electrons. The number of benzene rings is 1. The van der Waals surface area contributed by atoms with Crippen LogP contribution in [0.5, 0.6) is 0 Å². The molecule has 1 aromatic carbocycles. The Hall–Kier alpha value is -2.81. The van der Waals surface area contributed by atoms with Crippen LogP contribution in [0.15, 0.2) is 30.4 Å². The predicted molar refractivity (Wildman–Crippen MR) is 86.7 cm³/mol. The molecule has 1 aliphatic carbocycles. The zero-order chi connectivity index (χ0) is 19.2. The largest absolute Gasteiger partial charge is 0.483 e. The summed E-state index contributed by atoms with van der Waals surface area (Å²) in [6.07, 6.45) is 6.99. The lowest BCUT2D eigenvalue weighted by atomic mass is 10.2. The second kappa shape index (κ2) is 12.6. The summed E-state index contributed by atoms with van der Waals surface area (Å²) < 4.78 is 30.1. The molecule has 1 aliphatic rings. The van der Waals surface area contributed by atoms with Gasteiger partial charge in [0.1, 0.15) is 11.6 Å². The first kappa shape index (κ1) is 22.2. The van der Waals surface area contributed by atoms with E-state index in [1.165, 1.54) is 19.3 Å². The molecule has 0 saturated heterocycles. The minimum Gasteiger partial charge on any atom is -0.483 e. The zero-order valence-corrected chi connectivity index (χ0v) is 13.6. The van der Waals surface area contributed by atoms with Crippen molar-refractivity contribution in [2.24, 2.45) is 5.73 Å². The number of nitrogens with one attached hydrogen (secondary N) is 1. The van der Waals surface area contributed by atoms with Gasteiger partial charge in [0.15, 0.2) is 0 Å². The molecule has 0 aliphatic heterocycles. The summed E-state index contributed by atoms with van der Waals surface area (Å²) in [5.74, 6) is -3.60. The van der Waals surface area contributed by atoms with Crippen molar-refractivity contribution in [3.8, 4) is 0 Å². The van der Waals surface area contributed by atoms with Gasteiger partial charge in [-0.25, -0.2) is 8.78 Å². The van der Waals surface area contributed by atoms with Gasteiger partial charge in [-0.3, -0.25) is 14.4 Å². The number of rotatable bonds is 4. The van der Waals surface area contributed by atoms with Gasteiger partial charge in [-0.05, 0) is 31.4 Å². The molecule has 1 unspecified atom stereocenters. The number of allylic oxidation sites excluding steroid dienone is 2. The Balaban J connectivity index is 0.000000592. The van der Waals surface area contributed by atoms with Crippen molar-refractivity contribution in [2.75, 3.05) is 12.4 Å². The third-order valence-corrected chi connectivity index (χ3v) is 2.77. The quantitative estimate of drug-likeness (QED) is 0.431. The van der Waals surface area contributed by atoms with Crippen LogP contribution in [0.1, 0.15) is 19.3 Å². The van der Waals surface area contributed by atoms with Gasteiger partial charge >= 0.3 is 0 Å². The van der Waals surface area contributed by atoms with Crippen LogP contribution in [0.2, 0.25) is 0 Å². The van der Waals surface area contributed by atoms with Crippen LogP contribution in [0.25, 0.3) is 0 Å². The van der Waals surface area contributed by atoms with Crippen molar-refractivity contribution in [2.45, 2.75) is 25.4 Å². The van der Waals surface area contributed by atoms with Gasteiger partial charge < -0.3 is 20.9 Å². The summed E-state index contributed by atoms with van der Waals surface area (Å²) in [7, 11) is 1.11. The highest BCUT2D eigenvalue weighted by Crippen LogP contribution is 2.13. The molecule has 0 spiro atoms. The Morgan fingerprint density at radius 3 is 2.04 bits per heavy atom. The summed E-state index contributed by atoms with van der Waals surface area (Å²) in [5, 5.41) is 9.00. The standard InChI is InChI=1S/C10H10F2N2O3.C5H8.CH2O2/c1-17-8(9(13)15)10(16)14-7-3-5(11)2-6(12)4-7;1-2-4-5-3-1;2-1-3/h2-4,8H,1H3,(H2,13,15)(H,14,16);1-2H,3-5H2;1H,(H,2,3). The molecule has 1 atom stereocenters. The van der Waals surface area contributed by atoms with E-state index >= 15 is 0 Å². The fourth-order valence-corrected chi connectivity index (χ4v) is 1.78. The molecule has 0 saturated carbocycles. The number of halogens is 2. The molecule has 0 aromatic heterocycles. The molecule has 2 rings (SSSR count). The van der Waals surface area contributed by atoms with Crippen LogP contribution < -0.4 is 11.1 Å². The normalized spacial score (nSPS) is 12.8. The number of nitrogens with two attached hydrogens (primary N) is 1. The molecule has 2 amide bonds. The molecule has 0 heterocycles.